The van der Waals surface area contributed by atoms with E-state index in [0.717, 1.165) is 11.1 Å². The lowest BCUT2D eigenvalue weighted by atomic mass is 9.85. The maximum absolute atomic E-state index is 12.5. The van der Waals surface area contributed by atoms with E-state index in [-0.39, 0.29) is 16.8 Å². The van der Waals surface area contributed by atoms with E-state index in [1.807, 2.05) is 12.1 Å². The Morgan fingerprint density at radius 1 is 1.32 bits per heavy atom. The van der Waals surface area contributed by atoms with Gasteiger partial charge in [-0.2, -0.15) is 5.26 Å². The van der Waals surface area contributed by atoms with Crippen LogP contribution >= 0.6 is 0 Å². The molecule has 22 heavy (non-hydrogen) atoms. The highest BCUT2D eigenvalue weighted by molar-refractivity contribution is 6.14. The van der Waals surface area contributed by atoms with Gasteiger partial charge in [0.1, 0.15) is 11.6 Å². The van der Waals surface area contributed by atoms with Gasteiger partial charge in [0.15, 0.2) is 0 Å². The zero-order valence-corrected chi connectivity index (χ0v) is 13.9. The number of rotatable bonds is 3. The van der Waals surface area contributed by atoms with Gasteiger partial charge in [-0.05, 0) is 28.2 Å². The molecular weight excluding hydrogens is 272 g/mol. The zero-order valence-electron chi connectivity index (χ0n) is 13.9. The van der Waals surface area contributed by atoms with Gasteiger partial charge in [0.25, 0.3) is 0 Å². The molecule has 0 saturated carbocycles. The predicted octanol–water partition coefficient (Wildman–Crippen LogP) is 3.46. The Balaban J connectivity index is 2.29. The highest BCUT2D eigenvalue weighted by atomic mass is 16.1. The van der Waals surface area contributed by atoms with Crippen molar-refractivity contribution < 1.29 is 4.79 Å². The minimum atomic E-state index is -0.176. The van der Waals surface area contributed by atoms with Gasteiger partial charge in [0, 0.05) is 32.3 Å². The second kappa shape index (κ2) is 5.81. The van der Waals surface area contributed by atoms with Crippen LogP contribution in [0.4, 0.5) is 0 Å². The second-order valence-electron chi connectivity index (χ2n) is 6.96. The summed E-state index contributed by atoms with van der Waals surface area (Å²) in [5, 5.41) is 9.18. The number of allylic oxidation sites excluding steroid dienone is 2. The van der Waals surface area contributed by atoms with Gasteiger partial charge >= 0.3 is 0 Å². The standard InChI is InChI=1S/C19H22N2O/c1-19(2,3)17-7-6-13-8-15(9-14(13)10-17)18(22)16(11-20)12-21(4)5/h6-8,10,12H,9H2,1-5H3. The summed E-state index contributed by atoms with van der Waals surface area (Å²) in [6, 6.07) is 8.36. The van der Waals surface area contributed by atoms with Crippen LogP contribution in [0.15, 0.2) is 35.5 Å². The highest BCUT2D eigenvalue weighted by Crippen LogP contribution is 2.31. The average molecular weight is 294 g/mol. The molecule has 1 aliphatic rings. The van der Waals surface area contributed by atoms with E-state index >= 15 is 0 Å². The molecule has 3 heteroatoms. The lowest BCUT2D eigenvalue weighted by Gasteiger charge is -2.19. The Kier molecular flexibility index (Phi) is 4.23. The summed E-state index contributed by atoms with van der Waals surface area (Å²) in [4.78, 5) is 14.2. The van der Waals surface area contributed by atoms with Gasteiger partial charge in [-0.15, -0.1) is 0 Å². The van der Waals surface area contributed by atoms with Crippen molar-refractivity contribution in [3.8, 4) is 6.07 Å². The molecule has 0 fully saturated rings. The summed E-state index contributed by atoms with van der Waals surface area (Å²) in [5.41, 5.74) is 4.47. The number of Topliss-reactive ketones (excluding diaryl/α,β-unsaturated/α-hetero) is 1. The first-order valence-corrected chi connectivity index (χ1v) is 7.39. The maximum atomic E-state index is 12.5. The molecule has 0 spiro atoms. The molecule has 0 aromatic heterocycles. The first-order valence-electron chi connectivity index (χ1n) is 7.39. The van der Waals surface area contributed by atoms with E-state index in [1.165, 1.54) is 5.56 Å². The van der Waals surface area contributed by atoms with E-state index in [1.54, 1.807) is 25.2 Å². The third-order valence-electron chi connectivity index (χ3n) is 3.76. The molecule has 2 rings (SSSR count). The molecule has 0 aliphatic heterocycles. The fraction of sp³-hybridized carbons (Fsp3) is 0.368. The van der Waals surface area contributed by atoms with Crippen LogP contribution in [0.3, 0.4) is 0 Å². The number of benzene rings is 1. The topological polar surface area (TPSA) is 44.1 Å². The number of hydrogen-bond acceptors (Lipinski definition) is 3. The van der Waals surface area contributed by atoms with E-state index in [2.05, 4.69) is 39.0 Å². The molecule has 0 atom stereocenters. The first kappa shape index (κ1) is 16.0. The summed E-state index contributed by atoms with van der Waals surface area (Å²) >= 11 is 0. The van der Waals surface area contributed by atoms with E-state index in [4.69, 9.17) is 0 Å². The van der Waals surface area contributed by atoms with Gasteiger partial charge in [0.2, 0.25) is 5.78 Å². The van der Waals surface area contributed by atoms with Crippen molar-refractivity contribution in [3.63, 3.8) is 0 Å². The number of ketones is 1. The molecule has 0 N–H and O–H groups in total. The minimum absolute atomic E-state index is 0.0877. The molecule has 114 valence electrons. The number of nitriles is 1. The van der Waals surface area contributed by atoms with Crippen molar-refractivity contribution in [3.05, 3.63) is 52.2 Å². The van der Waals surface area contributed by atoms with Gasteiger partial charge in [-0.1, -0.05) is 39.0 Å². The van der Waals surface area contributed by atoms with Gasteiger partial charge < -0.3 is 4.90 Å². The summed E-state index contributed by atoms with van der Waals surface area (Å²) in [6.07, 6.45) is 4.09. The minimum Gasteiger partial charge on any atom is -0.382 e. The zero-order chi connectivity index (χ0) is 16.5. The molecule has 0 saturated heterocycles. The van der Waals surface area contributed by atoms with E-state index in [0.29, 0.717) is 12.0 Å². The van der Waals surface area contributed by atoms with Crippen LogP contribution < -0.4 is 0 Å². The lowest BCUT2D eigenvalue weighted by molar-refractivity contribution is -0.111. The predicted molar refractivity (Wildman–Crippen MR) is 89.2 cm³/mol. The third-order valence-corrected chi connectivity index (χ3v) is 3.76. The SMILES string of the molecule is CN(C)C=C(C#N)C(=O)C1=Cc2ccc(C(C)(C)C)cc2C1. The quantitative estimate of drug-likeness (QED) is 0.633. The van der Waals surface area contributed by atoms with Crippen LogP contribution in [-0.2, 0) is 16.6 Å². The molecule has 0 heterocycles. The first-order chi connectivity index (χ1) is 10.2. The Morgan fingerprint density at radius 3 is 2.55 bits per heavy atom. The molecule has 3 nitrogen and oxygen atoms in total. The smallest absolute Gasteiger partial charge is 0.201 e. The number of hydrogen-bond donors (Lipinski definition) is 0. The van der Waals surface area contributed by atoms with Crippen molar-refractivity contribution >= 4 is 11.9 Å². The molecular formula is C19H22N2O. The third kappa shape index (κ3) is 3.28. The summed E-state index contributed by atoms with van der Waals surface area (Å²) < 4.78 is 0. The number of nitrogens with zero attached hydrogens (tertiary/aromatic N) is 2. The maximum Gasteiger partial charge on any atom is 0.201 e. The van der Waals surface area contributed by atoms with Crippen molar-refractivity contribution in [1.82, 2.24) is 4.90 Å². The molecule has 0 unspecified atom stereocenters. The fourth-order valence-electron chi connectivity index (χ4n) is 2.53. The van der Waals surface area contributed by atoms with Crippen LogP contribution in [0.1, 0.15) is 37.5 Å². The van der Waals surface area contributed by atoms with Gasteiger partial charge in [-0.3, -0.25) is 4.79 Å². The Bertz CT molecular complexity index is 710. The lowest BCUT2D eigenvalue weighted by Crippen LogP contribution is -2.12. The number of fused-ring (bicyclic) bond motifs is 1. The normalized spacial score (nSPS) is 14.2. The fourth-order valence-corrected chi connectivity index (χ4v) is 2.53. The van der Waals surface area contributed by atoms with Crippen LogP contribution in [0.2, 0.25) is 0 Å². The Morgan fingerprint density at radius 2 is 2.00 bits per heavy atom. The summed E-state index contributed by atoms with van der Waals surface area (Å²) in [7, 11) is 3.61. The molecule has 1 aromatic rings. The van der Waals surface area contributed by atoms with Gasteiger partial charge in [0.05, 0.1) is 0 Å². The number of carbonyl (C=O) groups excluding carboxylic acids is 1. The summed E-state index contributed by atoms with van der Waals surface area (Å²) in [6.45, 7) is 6.53. The van der Waals surface area contributed by atoms with Crippen molar-refractivity contribution in [1.29, 1.82) is 5.26 Å². The second-order valence-corrected chi connectivity index (χ2v) is 6.96. The molecule has 0 amide bonds. The van der Waals surface area contributed by atoms with Gasteiger partial charge in [-0.25, -0.2) is 0 Å². The van der Waals surface area contributed by atoms with Crippen LogP contribution in [0, 0.1) is 11.3 Å². The summed E-state index contributed by atoms with van der Waals surface area (Å²) in [5.74, 6) is -0.176. The molecule has 0 radical (unpaired) electrons. The Labute approximate surface area is 132 Å². The largest absolute Gasteiger partial charge is 0.382 e. The Hall–Kier alpha value is -2.34. The molecule has 1 aliphatic carbocycles. The highest BCUT2D eigenvalue weighted by Gasteiger charge is 2.23. The van der Waals surface area contributed by atoms with Crippen LogP contribution in [-0.4, -0.2) is 24.8 Å². The monoisotopic (exact) mass is 294 g/mol. The van der Waals surface area contributed by atoms with Crippen molar-refractivity contribution in [2.45, 2.75) is 32.6 Å². The molecule has 0 bridgehead atoms. The average Bonchev–Trinajstić information content (AvgIpc) is 2.85. The van der Waals surface area contributed by atoms with Crippen molar-refractivity contribution in [2.24, 2.45) is 0 Å². The molecule has 1 aromatic carbocycles. The van der Waals surface area contributed by atoms with E-state index < -0.39 is 0 Å². The van der Waals surface area contributed by atoms with E-state index in [9.17, 15) is 10.1 Å². The van der Waals surface area contributed by atoms with Crippen LogP contribution in [0.25, 0.3) is 6.08 Å². The van der Waals surface area contributed by atoms with Crippen LogP contribution in [0.5, 0.6) is 0 Å². The number of carbonyl (C=O) groups is 1. The van der Waals surface area contributed by atoms with Crippen molar-refractivity contribution in [2.75, 3.05) is 14.1 Å².